The lowest BCUT2D eigenvalue weighted by Crippen LogP contribution is -2.28. The van der Waals surface area contributed by atoms with Crippen LogP contribution < -0.4 is 16.0 Å². The Morgan fingerprint density at radius 3 is 2.28 bits per heavy atom. The molecule has 0 aromatic heterocycles. The average Bonchev–Trinajstić information content (AvgIpc) is 2.52. The maximum Gasteiger partial charge on any atom is 0.412 e. The molecular formula is C19H23N3O3. The Kier molecular flexibility index (Phi) is 6.00. The average molecular weight is 341 g/mol. The van der Waals surface area contributed by atoms with Gasteiger partial charge in [0, 0.05) is 17.9 Å². The monoisotopic (exact) mass is 341 g/mol. The highest BCUT2D eigenvalue weighted by atomic mass is 16.6. The molecule has 2 rings (SSSR count). The van der Waals surface area contributed by atoms with E-state index in [1.165, 1.54) is 0 Å². The molecule has 25 heavy (non-hydrogen) atoms. The van der Waals surface area contributed by atoms with Crippen molar-refractivity contribution in [3.05, 3.63) is 60.2 Å². The van der Waals surface area contributed by atoms with Gasteiger partial charge in [-0.15, -0.1) is 0 Å². The summed E-state index contributed by atoms with van der Waals surface area (Å²) in [4.78, 5) is 23.7. The normalized spacial score (nSPS) is 10.7. The highest BCUT2D eigenvalue weighted by Gasteiger charge is 2.16. The lowest BCUT2D eigenvalue weighted by molar-refractivity contribution is 0.0636. The van der Waals surface area contributed by atoms with Crippen LogP contribution in [0.3, 0.4) is 0 Å². The van der Waals surface area contributed by atoms with Crippen LogP contribution in [0.4, 0.5) is 21.0 Å². The predicted octanol–water partition coefficient (Wildman–Crippen LogP) is 4.36. The molecule has 0 spiro atoms. The van der Waals surface area contributed by atoms with Crippen LogP contribution in [0, 0.1) is 0 Å². The summed E-state index contributed by atoms with van der Waals surface area (Å²) in [5.41, 5.74) is 1.63. The van der Waals surface area contributed by atoms with Crippen LogP contribution in [0.2, 0.25) is 0 Å². The van der Waals surface area contributed by atoms with E-state index in [-0.39, 0.29) is 6.03 Å². The minimum Gasteiger partial charge on any atom is -0.444 e. The molecule has 6 heteroatoms. The molecule has 0 fully saturated rings. The zero-order valence-corrected chi connectivity index (χ0v) is 14.6. The molecule has 2 aromatic carbocycles. The molecule has 3 N–H and O–H groups in total. The van der Waals surface area contributed by atoms with Crippen molar-refractivity contribution >= 4 is 23.5 Å². The summed E-state index contributed by atoms with van der Waals surface area (Å²) in [6.07, 6.45) is -0.514. The van der Waals surface area contributed by atoms with Gasteiger partial charge in [0.15, 0.2) is 0 Å². The number of ether oxygens (including phenoxy) is 1. The summed E-state index contributed by atoms with van der Waals surface area (Å²) >= 11 is 0. The number of hydrogen-bond donors (Lipinski definition) is 3. The molecule has 0 saturated carbocycles. The zero-order chi connectivity index (χ0) is 18.3. The number of amides is 3. The van der Waals surface area contributed by atoms with Gasteiger partial charge in [-0.1, -0.05) is 30.3 Å². The topological polar surface area (TPSA) is 79.5 Å². The highest BCUT2D eigenvalue weighted by Crippen LogP contribution is 2.14. The molecule has 132 valence electrons. The minimum absolute atomic E-state index is 0.295. The number of rotatable bonds is 4. The SMILES string of the molecule is CC(C)(C)OC(=O)Nc1cccc(CNC(=O)Nc2ccccc2)c1. The van der Waals surface area contributed by atoms with Crippen molar-refractivity contribution < 1.29 is 14.3 Å². The molecule has 0 saturated heterocycles. The van der Waals surface area contributed by atoms with Crippen LogP contribution in [0.1, 0.15) is 26.3 Å². The van der Waals surface area contributed by atoms with Crippen LogP contribution >= 0.6 is 0 Å². The largest absolute Gasteiger partial charge is 0.444 e. The first kappa shape index (κ1) is 18.3. The third-order valence-corrected chi connectivity index (χ3v) is 3.06. The summed E-state index contributed by atoms with van der Waals surface area (Å²) in [7, 11) is 0. The number of carbonyl (C=O) groups excluding carboxylic acids is 2. The van der Waals surface area contributed by atoms with Crippen molar-refractivity contribution in [3.63, 3.8) is 0 Å². The summed E-state index contributed by atoms with van der Waals surface area (Å²) in [6, 6.07) is 16.1. The highest BCUT2D eigenvalue weighted by molar-refractivity contribution is 5.89. The Hall–Kier alpha value is -3.02. The molecule has 0 radical (unpaired) electrons. The smallest absolute Gasteiger partial charge is 0.412 e. The maximum atomic E-state index is 11.9. The number of nitrogens with one attached hydrogen (secondary N) is 3. The molecular weight excluding hydrogens is 318 g/mol. The summed E-state index contributed by atoms with van der Waals surface area (Å²) in [5.74, 6) is 0. The van der Waals surface area contributed by atoms with Crippen LogP contribution in [0.5, 0.6) is 0 Å². The first-order valence-corrected chi connectivity index (χ1v) is 8.01. The first-order chi connectivity index (χ1) is 11.8. The van der Waals surface area contributed by atoms with Crippen molar-refractivity contribution in [2.75, 3.05) is 10.6 Å². The molecule has 0 aliphatic rings. The molecule has 0 unspecified atom stereocenters. The van der Waals surface area contributed by atoms with Gasteiger partial charge >= 0.3 is 12.1 Å². The summed E-state index contributed by atoms with van der Waals surface area (Å²) < 4.78 is 5.22. The van der Waals surface area contributed by atoms with Gasteiger partial charge in [-0.3, -0.25) is 5.32 Å². The fraction of sp³-hybridized carbons (Fsp3) is 0.263. The van der Waals surface area contributed by atoms with E-state index in [2.05, 4.69) is 16.0 Å². The Balaban J connectivity index is 1.86. The first-order valence-electron chi connectivity index (χ1n) is 8.01. The van der Waals surface area contributed by atoms with Crippen LogP contribution in [-0.2, 0) is 11.3 Å². The second kappa shape index (κ2) is 8.19. The standard InChI is InChI=1S/C19H23N3O3/c1-19(2,3)25-18(24)22-16-11-7-8-14(12-16)13-20-17(23)21-15-9-5-4-6-10-15/h4-12H,13H2,1-3H3,(H,22,24)(H2,20,21,23). The zero-order valence-electron chi connectivity index (χ0n) is 14.6. The maximum absolute atomic E-state index is 11.9. The Labute approximate surface area is 147 Å². The third kappa shape index (κ3) is 6.95. The minimum atomic E-state index is -0.557. The van der Waals surface area contributed by atoms with Crippen molar-refractivity contribution in [1.29, 1.82) is 0 Å². The lowest BCUT2D eigenvalue weighted by Gasteiger charge is -2.19. The van der Waals surface area contributed by atoms with Crippen molar-refractivity contribution in [1.82, 2.24) is 5.32 Å². The quantitative estimate of drug-likeness (QED) is 0.773. The van der Waals surface area contributed by atoms with E-state index in [0.29, 0.717) is 12.2 Å². The number of benzene rings is 2. The summed E-state index contributed by atoms with van der Waals surface area (Å²) in [6.45, 7) is 5.75. The van der Waals surface area contributed by atoms with Gasteiger partial charge in [-0.2, -0.15) is 0 Å². The van der Waals surface area contributed by atoms with E-state index in [1.807, 2.05) is 36.4 Å². The van der Waals surface area contributed by atoms with Gasteiger partial charge < -0.3 is 15.4 Å². The fourth-order valence-corrected chi connectivity index (χ4v) is 2.06. The number of anilines is 2. The molecule has 6 nitrogen and oxygen atoms in total. The molecule has 0 heterocycles. The van der Waals surface area contributed by atoms with E-state index in [4.69, 9.17) is 4.74 Å². The molecule has 2 aromatic rings. The Morgan fingerprint density at radius 1 is 0.920 bits per heavy atom. The van der Waals surface area contributed by atoms with Gasteiger partial charge in [0.25, 0.3) is 0 Å². The molecule has 0 aliphatic heterocycles. The summed E-state index contributed by atoms with van der Waals surface area (Å²) in [5, 5.41) is 8.19. The van der Waals surface area contributed by atoms with Crippen LogP contribution in [0.15, 0.2) is 54.6 Å². The second-order valence-corrected chi connectivity index (χ2v) is 6.50. The number of carbonyl (C=O) groups is 2. The van der Waals surface area contributed by atoms with Crippen molar-refractivity contribution in [2.24, 2.45) is 0 Å². The van der Waals surface area contributed by atoms with Crippen molar-refractivity contribution in [3.8, 4) is 0 Å². The van der Waals surface area contributed by atoms with Crippen molar-refractivity contribution in [2.45, 2.75) is 32.9 Å². The van der Waals surface area contributed by atoms with Gasteiger partial charge in [-0.25, -0.2) is 9.59 Å². The Bertz CT molecular complexity index is 724. The van der Waals surface area contributed by atoms with Gasteiger partial charge in [0.2, 0.25) is 0 Å². The van der Waals surface area contributed by atoms with Gasteiger partial charge in [-0.05, 0) is 50.6 Å². The number of para-hydroxylation sites is 1. The number of hydrogen-bond acceptors (Lipinski definition) is 3. The van der Waals surface area contributed by atoms with Crippen LogP contribution in [-0.4, -0.2) is 17.7 Å². The van der Waals surface area contributed by atoms with E-state index in [0.717, 1.165) is 11.3 Å². The van der Waals surface area contributed by atoms with E-state index in [1.54, 1.807) is 39.0 Å². The van der Waals surface area contributed by atoms with Crippen LogP contribution in [0.25, 0.3) is 0 Å². The third-order valence-electron chi connectivity index (χ3n) is 3.06. The van der Waals surface area contributed by atoms with E-state index < -0.39 is 11.7 Å². The molecule has 0 atom stereocenters. The molecule has 0 bridgehead atoms. The predicted molar refractivity (Wildman–Crippen MR) is 98.6 cm³/mol. The van der Waals surface area contributed by atoms with Gasteiger partial charge in [0.1, 0.15) is 5.60 Å². The lowest BCUT2D eigenvalue weighted by atomic mass is 10.2. The molecule has 0 aliphatic carbocycles. The Morgan fingerprint density at radius 2 is 1.60 bits per heavy atom. The number of urea groups is 1. The van der Waals surface area contributed by atoms with Gasteiger partial charge in [0.05, 0.1) is 0 Å². The van der Waals surface area contributed by atoms with E-state index >= 15 is 0 Å². The molecule has 3 amide bonds. The second-order valence-electron chi connectivity index (χ2n) is 6.50. The fourth-order valence-electron chi connectivity index (χ4n) is 2.06. The van der Waals surface area contributed by atoms with E-state index in [9.17, 15) is 9.59 Å².